The number of methoxy groups -OCH3 is 1. The first-order valence-electron chi connectivity index (χ1n) is 10.5. The van der Waals surface area contributed by atoms with Gasteiger partial charge in [0.15, 0.2) is 0 Å². The minimum Gasteiger partial charge on any atom is -0.497 e. The Morgan fingerprint density at radius 3 is 2.62 bits per heavy atom. The number of aromatic nitrogens is 2. The van der Waals surface area contributed by atoms with Gasteiger partial charge < -0.3 is 19.1 Å². The Morgan fingerprint density at radius 1 is 1.14 bits per heavy atom. The summed E-state index contributed by atoms with van der Waals surface area (Å²) in [6.45, 7) is 1.39. The van der Waals surface area contributed by atoms with E-state index < -0.39 is 0 Å². The topological polar surface area (TPSA) is 73.8 Å². The van der Waals surface area contributed by atoms with Gasteiger partial charge in [-0.3, -0.25) is 4.79 Å². The van der Waals surface area contributed by atoms with E-state index in [0.29, 0.717) is 19.2 Å². The van der Waals surface area contributed by atoms with Gasteiger partial charge in [-0.1, -0.05) is 0 Å². The second-order valence-electron chi connectivity index (χ2n) is 7.96. The molecule has 2 aliphatic rings. The largest absolute Gasteiger partial charge is 0.497 e. The maximum atomic E-state index is 12.8. The third-order valence-corrected chi connectivity index (χ3v) is 6.15. The standard InChI is InChI=1S/C22H29N3O4/c1-25(21(26)15-9-11-28-12-10-15)17-4-7-18(8-5-17)29-22-23-14-16-3-6-19(27-2)13-20(16)24-22/h3,6,13-15,17-18H,4-5,7-12H2,1-2H3. The second kappa shape index (κ2) is 8.95. The number of carbonyl (C=O) groups excluding carboxylic acids is 1. The van der Waals surface area contributed by atoms with Crippen LogP contribution >= 0.6 is 0 Å². The molecule has 7 nitrogen and oxygen atoms in total. The lowest BCUT2D eigenvalue weighted by Gasteiger charge is -2.36. The summed E-state index contributed by atoms with van der Waals surface area (Å²) in [5.74, 6) is 1.15. The molecule has 2 aromatic rings. The molecule has 2 heterocycles. The fourth-order valence-electron chi connectivity index (χ4n) is 4.28. The van der Waals surface area contributed by atoms with E-state index in [1.807, 2.05) is 30.1 Å². The Bertz CT molecular complexity index is 845. The van der Waals surface area contributed by atoms with Crippen molar-refractivity contribution in [2.24, 2.45) is 5.92 Å². The zero-order valence-electron chi connectivity index (χ0n) is 17.2. The summed E-state index contributed by atoms with van der Waals surface area (Å²) in [5, 5.41) is 0.954. The second-order valence-corrected chi connectivity index (χ2v) is 7.96. The minimum atomic E-state index is 0.0842. The minimum absolute atomic E-state index is 0.0842. The first kappa shape index (κ1) is 19.9. The maximum absolute atomic E-state index is 12.8. The highest BCUT2D eigenvalue weighted by Crippen LogP contribution is 2.28. The van der Waals surface area contributed by atoms with Gasteiger partial charge in [0.1, 0.15) is 11.9 Å². The molecule has 0 atom stereocenters. The fraction of sp³-hybridized carbons (Fsp3) is 0.591. The van der Waals surface area contributed by atoms with E-state index >= 15 is 0 Å². The highest BCUT2D eigenvalue weighted by molar-refractivity contribution is 5.79. The third kappa shape index (κ3) is 4.61. The van der Waals surface area contributed by atoms with E-state index in [9.17, 15) is 4.79 Å². The number of ether oxygens (including phenoxy) is 3. The monoisotopic (exact) mass is 399 g/mol. The summed E-state index contributed by atoms with van der Waals surface area (Å²) in [6, 6.07) is 6.41. The number of benzene rings is 1. The van der Waals surface area contributed by atoms with Crippen LogP contribution in [0.15, 0.2) is 24.4 Å². The van der Waals surface area contributed by atoms with Crippen LogP contribution in [0.3, 0.4) is 0 Å². The Kier molecular flexibility index (Phi) is 6.13. The molecule has 4 rings (SSSR count). The average Bonchev–Trinajstić information content (AvgIpc) is 2.78. The van der Waals surface area contributed by atoms with Crippen molar-refractivity contribution in [3.63, 3.8) is 0 Å². The van der Waals surface area contributed by atoms with E-state index in [2.05, 4.69) is 9.97 Å². The molecule has 1 aromatic heterocycles. The summed E-state index contributed by atoms with van der Waals surface area (Å²) in [6.07, 6.45) is 7.22. The summed E-state index contributed by atoms with van der Waals surface area (Å²) in [5.41, 5.74) is 0.810. The van der Waals surface area contributed by atoms with E-state index in [1.165, 1.54) is 0 Å². The zero-order chi connectivity index (χ0) is 20.2. The van der Waals surface area contributed by atoms with Gasteiger partial charge in [0, 0.05) is 49.9 Å². The van der Waals surface area contributed by atoms with E-state index in [0.717, 1.165) is 55.2 Å². The molecule has 156 valence electrons. The Morgan fingerprint density at radius 2 is 1.90 bits per heavy atom. The van der Waals surface area contributed by atoms with Crippen LogP contribution in [0, 0.1) is 5.92 Å². The van der Waals surface area contributed by atoms with Crippen molar-refractivity contribution in [2.75, 3.05) is 27.4 Å². The number of rotatable bonds is 5. The normalized spacial score (nSPS) is 23.0. The lowest BCUT2D eigenvalue weighted by atomic mass is 9.90. The average molecular weight is 399 g/mol. The number of amides is 1. The summed E-state index contributed by atoms with van der Waals surface area (Å²) in [4.78, 5) is 23.6. The number of hydrogen-bond donors (Lipinski definition) is 0. The van der Waals surface area contributed by atoms with E-state index in [1.54, 1.807) is 13.3 Å². The first-order valence-corrected chi connectivity index (χ1v) is 10.5. The molecule has 0 radical (unpaired) electrons. The lowest BCUT2D eigenvalue weighted by molar-refractivity contribution is -0.140. The molecule has 1 saturated heterocycles. The number of fused-ring (bicyclic) bond motifs is 1. The van der Waals surface area contributed by atoms with Crippen LogP contribution in [0.1, 0.15) is 38.5 Å². The first-order chi connectivity index (χ1) is 14.1. The molecule has 0 unspecified atom stereocenters. The van der Waals surface area contributed by atoms with Crippen molar-refractivity contribution in [2.45, 2.75) is 50.7 Å². The summed E-state index contributed by atoms with van der Waals surface area (Å²) < 4.78 is 16.7. The van der Waals surface area contributed by atoms with Crippen LogP contribution in [-0.4, -0.2) is 60.3 Å². The fourth-order valence-corrected chi connectivity index (χ4v) is 4.28. The lowest BCUT2D eigenvalue weighted by Crippen LogP contribution is -2.44. The van der Waals surface area contributed by atoms with Crippen molar-refractivity contribution >= 4 is 16.8 Å². The Hall–Kier alpha value is -2.41. The molecule has 0 N–H and O–H groups in total. The van der Waals surface area contributed by atoms with Gasteiger partial charge in [0.05, 0.1) is 12.6 Å². The molecule has 1 aliphatic heterocycles. The van der Waals surface area contributed by atoms with Gasteiger partial charge in [-0.05, 0) is 50.7 Å². The predicted octanol–water partition coefficient (Wildman–Crippen LogP) is 3.21. The molecule has 0 spiro atoms. The molecule has 1 aliphatic carbocycles. The summed E-state index contributed by atoms with van der Waals surface area (Å²) >= 11 is 0. The quantitative estimate of drug-likeness (QED) is 0.769. The van der Waals surface area contributed by atoms with Crippen molar-refractivity contribution in [1.82, 2.24) is 14.9 Å². The van der Waals surface area contributed by atoms with Crippen LogP contribution < -0.4 is 9.47 Å². The van der Waals surface area contributed by atoms with Gasteiger partial charge in [-0.15, -0.1) is 0 Å². The molecule has 1 aromatic carbocycles. The van der Waals surface area contributed by atoms with Crippen molar-refractivity contribution in [3.8, 4) is 11.8 Å². The zero-order valence-corrected chi connectivity index (χ0v) is 17.2. The van der Waals surface area contributed by atoms with Crippen molar-refractivity contribution in [3.05, 3.63) is 24.4 Å². The number of carbonyl (C=O) groups is 1. The van der Waals surface area contributed by atoms with Crippen LogP contribution in [0.2, 0.25) is 0 Å². The Labute approximate surface area is 171 Å². The van der Waals surface area contributed by atoms with Gasteiger partial charge in [0.2, 0.25) is 5.91 Å². The molecular weight excluding hydrogens is 370 g/mol. The van der Waals surface area contributed by atoms with E-state index in [4.69, 9.17) is 14.2 Å². The predicted molar refractivity (Wildman–Crippen MR) is 109 cm³/mol. The number of nitrogens with zero attached hydrogens (tertiary/aromatic N) is 3. The van der Waals surface area contributed by atoms with Crippen LogP contribution in [0.4, 0.5) is 0 Å². The smallest absolute Gasteiger partial charge is 0.317 e. The summed E-state index contributed by atoms with van der Waals surface area (Å²) in [7, 11) is 3.59. The molecule has 7 heteroatoms. The van der Waals surface area contributed by atoms with Crippen molar-refractivity contribution in [1.29, 1.82) is 0 Å². The SMILES string of the molecule is COc1ccc2cnc(OC3CCC(N(C)C(=O)C4CCOCC4)CC3)nc2c1. The highest BCUT2D eigenvalue weighted by atomic mass is 16.5. The molecule has 2 fully saturated rings. The number of hydrogen-bond acceptors (Lipinski definition) is 6. The molecule has 29 heavy (non-hydrogen) atoms. The van der Waals surface area contributed by atoms with Crippen LogP contribution in [0.5, 0.6) is 11.8 Å². The highest BCUT2D eigenvalue weighted by Gasteiger charge is 2.31. The third-order valence-electron chi connectivity index (χ3n) is 6.15. The molecular formula is C22H29N3O4. The molecule has 0 bridgehead atoms. The van der Waals surface area contributed by atoms with Crippen LogP contribution in [-0.2, 0) is 9.53 Å². The molecule has 1 saturated carbocycles. The van der Waals surface area contributed by atoms with Crippen LogP contribution in [0.25, 0.3) is 10.9 Å². The van der Waals surface area contributed by atoms with Gasteiger partial charge in [-0.25, -0.2) is 4.98 Å². The van der Waals surface area contributed by atoms with Gasteiger partial charge in [0.25, 0.3) is 0 Å². The molecule has 1 amide bonds. The van der Waals surface area contributed by atoms with Gasteiger partial charge >= 0.3 is 6.01 Å². The van der Waals surface area contributed by atoms with E-state index in [-0.39, 0.29) is 24.0 Å². The Balaban J connectivity index is 1.32. The van der Waals surface area contributed by atoms with Gasteiger partial charge in [-0.2, -0.15) is 4.98 Å². The maximum Gasteiger partial charge on any atom is 0.317 e. The van der Waals surface area contributed by atoms with Crippen molar-refractivity contribution < 1.29 is 19.0 Å².